The molecular formula is C11H7BrN6O3. The number of nitrogens with zero attached hydrogens (tertiary/aromatic N) is 4. The molecule has 1 aromatic carbocycles. The van der Waals surface area contributed by atoms with Gasteiger partial charge in [-0.25, -0.2) is 4.98 Å². The molecule has 2 aromatic rings. The van der Waals surface area contributed by atoms with E-state index in [0.29, 0.717) is 0 Å². The fourth-order valence-corrected chi connectivity index (χ4v) is 2.13. The minimum atomic E-state index is -0.760. The van der Waals surface area contributed by atoms with Gasteiger partial charge in [0.15, 0.2) is 0 Å². The lowest BCUT2D eigenvalue weighted by Gasteiger charge is -2.08. The Morgan fingerprint density at radius 1 is 1.38 bits per heavy atom. The first-order valence-corrected chi connectivity index (χ1v) is 6.14. The Morgan fingerprint density at radius 2 is 2.05 bits per heavy atom. The van der Waals surface area contributed by atoms with Gasteiger partial charge < -0.3 is 16.6 Å². The third-order valence-electron chi connectivity index (χ3n) is 2.58. The van der Waals surface area contributed by atoms with Crippen LogP contribution in [0.5, 0.6) is 5.75 Å². The van der Waals surface area contributed by atoms with Crippen molar-refractivity contribution >= 4 is 33.4 Å². The second-order valence-corrected chi connectivity index (χ2v) is 4.74. The molecule has 0 saturated heterocycles. The Morgan fingerprint density at radius 3 is 2.62 bits per heavy atom. The first-order chi connectivity index (χ1) is 9.85. The summed E-state index contributed by atoms with van der Waals surface area (Å²) in [6.07, 6.45) is 0. The Kier molecular flexibility index (Phi) is 3.60. The summed E-state index contributed by atoms with van der Waals surface area (Å²) >= 11 is 3.00. The number of nitro groups is 1. The Labute approximate surface area is 126 Å². The SMILES string of the molecule is N#Cc1c(N)nc(N)nc1-c1cc(Br)c(O)c([N+](=O)[O-])c1. The molecule has 1 heterocycles. The lowest BCUT2D eigenvalue weighted by Crippen LogP contribution is -2.05. The highest BCUT2D eigenvalue weighted by molar-refractivity contribution is 9.10. The van der Waals surface area contributed by atoms with Gasteiger partial charge in [-0.1, -0.05) is 0 Å². The molecule has 0 aliphatic rings. The number of aromatic nitrogens is 2. The maximum absolute atomic E-state index is 10.9. The highest BCUT2D eigenvalue weighted by Gasteiger charge is 2.21. The van der Waals surface area contributed by atoms with E-state index < -0.39 is 16.4 Å². The number of nitriles is 1. The molecule has 0 unspecified atom stereocenters. The molecule has 0 bridgehead atoms. The molecule has 0 saturated carbocycles. The van der Waals surface area contributed by atoms with Crippen LogP contribution in [0, 0.1) is 21.4 Å². The number of rotatable bonds is 2. The van der Waals surface area contributed by atoms with Gasteiger partial charge in [0, 0.05) is 11.6 Å². The molecule has 9 nitrogen and oxygen atoms in total. The maximum atomic E-state index is 10.9. The van der Waals surface area contributed by atoms with Crippen molar-refractivity contribution in [3.63, 3.8) is 0 Å². The van der Waals surface area contributed by atoms with Crippen molar-refractivity contribution in [1.82, 2.24) is 9.97 Å². The summed E-state index contributed by atoms with van der Waals surface area (Å²) in [4.78, 5) is 17.7. The number of aromatic hydroxyl groups is 1. The number of nitrogen functional groups attached to an aromatic ring is 2. The molecule has 0 amide bonds. The normalized spacial score (nSPS) is 10.1. The van der Waals surface area contributed by atoms with Gasteiger partial charge in [-0.05, 0) is 22.0 Å². The molecular weight excluding hydrogens is 344 g/mol. The van der Waals surface area contributed by atoms with Crippen molar-refractivity contribution in [2.24, 2.45) is 0 Å². The van der Waals surface area contributed by atoms with E-state index in [-0.39, 0.29) is 33.1 Å². The van der Waals surface area contributed by atoms with E-state index >= 15 is 0 Å². The lowest BCUT2D eigenvalue weighted by atomic mass is 10.1. The number of anilines is 2. The summed E-state index contributed by atoms with van der Waals surface area (Å²) in [6.45, 7) is 0. The van der Waals surface area contributed by atoms with E-state index in [1.165, 1.54) is 6.07 Å². The summed E-state index contributed by atoms with van der Waals surface area (Å²) in [5, 5.41) is 29.7. The van der Waals surface area contributed by atoms with E-state index in [4.69, 9.17) is 16.7 Å². The Bertz CT molecular complexity index is 802. The van der Waals surface area contributed by atoms with Crippen LogP contribution in [0.3, 0.4) is 0 Å². The zero-order valence-corrected chi connectivity index (χ0v) is 11.8. The lowest BCUT2D eigenvalue weighted by molar-refractivity contribution is -0.385. The number of phenols is 1. The summed E-state index contributed by atoms with van der Waals surface area (Å²) in [7, 11) is 0. The summed E-state index contributed by atoms with van der Waals surface area (Å²) in [5.74, 6) is -0.836. The van der Waals surface area contributed by atoms with Gasteiger partial charge in [-0.15, -0.1) is 0 Å². The number of halogens is 1. The molecule has 106 valence electrons. The van der Waals surface area contributed by atoms with Crippen molar-refractivity contribution < 1.29 is 10.0 Å². The molecule has 21 heavy (non-hydrogen) atoms. The largest absolute Gasteiger partial charge is 0.501 e. The molecule has 0 atom stereocenters. The molecule has 5 N–H and O–H groups in total. The number of hydrogen-bond acceptors (Lipinski definition) is 8. The number of nitrogens with two attached hydrogens (primary N) is 2. The van der Waals surface area contributed by atoms with Gasteiger partial charge in [0.1, 0.15) is 17.5 Å². The number of nitro benzene ring substituents is 1. The van der Waals surface area contributed by atoms with Crippen LogP contribution < -0.4 is 11.5 Å². The van der Waals surface area contributed by atoms with Gasteiger partial charge in [-0.3, -0.25) is 10.1 Å². The first-order valence-electron chi connectivity index (χ1n) is 5.35. The van der Waals surface area contributed by atoms with E-state index in [0.717, 1.165) is 6.07 Å². The quantitative estimate of drug-likeness (QED) is 0.541. The highest BCUT2D eigenvalue weighted by Crippen LogP contribution is 2.39. The summed E-state index contributed by atoms with van der Waals surface area (Å²) < 4.78 is 0.0753. The molecule has 0 aliphatic heterocycles. The molecule has 2 rings (SSSR count). The molecule has 0 aliphatic carbocycles. The molecule has 0 fully saturated rings. The molecule has 0 spiro atoms. The standard InChI is InChI=1S/C11H7BrN6O3/c12-6-1-4(2-7(9(6)19)18(20)21)8-5(3-13)10(14)17-11(15)16-8/h1-2,19H,(H4,14,15,16,17). The van der Waals surface area contributed by atoms with Gasteiger partial charge in [0.25, 0.3) is 0 Å². The van der Waals surface area contributed by atoms with Crippen molar-refractivity contribution in [2.75, 3.05) is 11.5 Å². The topological polar surface area (TPSA) is 165 Å². The van der Waals surface area contributed by atoms with Crippen LogP contribution in [0.25, 0.3) is 11.3 Å². The minimum absolute atomic E-state index is 0.0475. The first kappa shape index (κ1) is 14.5. The van der Waals surface area contributed by atoms with Crippen molar-refractivity contribution in [3.05, 3.63) is 32.3 Å². The van der Waals surface area contributed by atoms with E-state index in [1.807, 2.05) is 6.07 Å². The zero-order chi connectivity index (χ0) is 15.7. The zero-order valence-electron chi connectivity index (χ0n) is 10.2. The van der Waals surface area contributed by atoms with Crippen LogP contribution in [-0.4, -0.2) is 20.0 Å². The predicted molar refractivity (Wildman–Crippen MR) is 77.0 cm³/mol. The van der Waals surface area contributed by atoms with Crippen LogP contribution in [0.15, 0.2) is 16.6 Å². The summed E-state index contributed by atoms with van der Waals surface area (Å²) in [5.41, 5.74) is 10.7. The summed E-state index contributed by atoms with van der Waals surface area (Å²) in [6, 6.07) is 4.26. The average Bonchev–Trinajstić information content (AvgIpc) is 2.40. The van der Waals surface area contributed by atoms with Gasteiger partial charge in [-0.2, -0.15) is 10.2 Å². The third kappa shape index (κ3) is 2.54. The Balaban J connectivity index is 2.80. The predicted octanol–water partition coefficient (Wildman–Crippen LogP) is 1.56. The van der Waals surface area contributed by atoms with Gasteiger partial charge >= 0.3 is 5.69 Å². The number of hydrogen-bond donors (Lipinski definition) is 3. The van der Waals surface area contributed by atoms with Crippen molar-refractivity contribution in [1.29, 1.82) is 5.26 Å². The van der Waals surface area contributed by atoms with E-state index in [2.05, 4.69) is 25.9 Å². The highest BCUT2D eigenvalue weighted by atomic mass is 79.9. The van der Waals surface area contributed by atoms with Crippen LogP contribution in [-0.2, 0) is 0 Å². The Hall–Kier alpha value is -2.93. The van der Waals surface area contributed by atoms with Crippen LogP contribution in [0.2, 0.25) is 0 Å². The fraction of sp³-hybridized carbons (Fsp3) is 0. The third-order valence-corrected chi connectivity index (χ3v) is 3.18. The average molecular weight is 351 g/mol. The smallest absolute Gasteiger partial charge is 0.312 e. The van der Waals surface area contributed by atoms with Gasteiger partial charge in [0.05, 0.1) is 15.1 Å². The van der Waals surface area contributed by atoms with Gasteiger partial charge in [0.2, 0.25) is 11.7 Å². The molecule has 10 heteroatoms. The van der Waals surface area contributed by atoms with Crippen LogP contribution >= 0.6 is 15.9 Å². The van der Waals surface area contributed by atoms with Crippen molar-refractivity contribution in [2.45, 2.75) is 0 Å². The monoisotopic (exact) mass is 350 g/mol. The number of phenolic OH excluding ortho intramolecular Hbond substituents is 1. The second-order valence-electron chi connectivity index (χ2n) is 3.89. The van der Waals surface area contributed by atoms with E-state index in [9.17, 15) is 15.2 Å². The van der Waals surface area contributed by atoms with Crippen molar-refractivity contribution in [3.8, 4) is 23.1 Å². The number of benzene rings is 1. The maximum Gasteiger partial charge on any atom is 0.312 e. The molecule has 1 aromatic heterocycles. The van der Waals surface area contributed by atoms with Crippen LogP contribution in [0.1, 0.15) is 5.56 Å². The van der Waals surface area contributed by atoms with Crippen LogP contribution in [0.4, 0.5) is 17.5 Å². The van der Waals surface area contributed by atoms with E-state index in [1.54, 1.807) is 0 Å². The molecule has 0 radical (unpaired) electrons. The second kappa shape index (κ2) is 5.22. The minimum Gasteiger partial charge on any atom is -0.501 e. The fourth-order valence-electron chi connectivity index (χ4n) is 1.68.